The number of hydrogen-bond acceptors (Lipinski definition) is 0. The van der Waals surface area contributed by atoms with E-state index in [1.54, 1.807) is 0 Å². The van der Waals surface area contributed by atoms with Crippen LogP contribution in [0.5, 0.6) is 0 Å². The highest BCUT2D eigenvalue weighted by Crippen LogP contribution is 2.75. The van der Waals surface area contributed by atoms with Gasteiger partial charge >= 0.3 is 0 Å². The average Bonchev–Trinajstić information content (AvgIpc) is 2.10. The van der Waals surface area contributed by atoms with E-state index >= 15 is 0 Å². The molecule has 0 bridgehead atoms. The van der Waals surface area contributed by atoms with E-state index in [-0.39, 0.29) is 0.864 Å². The van der Waals surface area contributed by atoms with Crippen molar-refractivity contribution in [2.75, 3.05) is 0 Å². The Bertz CT molecular complexity index is 343. The van der Waals surface area contributed by atoms with Gasteiger partial charge < -0.3 is 0 Å². The third-order valence-corrected chi connectivity index (χ3v) is 25.7. The summed E-state index contributed by atoms with van der Waals surface area (Å²) in [7, 11) is 0. The summed E-state index contributed by atoms with van der Waals surface area (Å²) in [6.45, 7) is 0. The summed E-state index contributed by atoms with van der Waals surface area (Å²) in [5.74, 6) is 0. The molecule has 14 heteroatoms. The van der Waals surface area contributed by atoms with Gasteiger partial charge in [0.15, 0.2) is 4.47 Å². The van der Waals surface area contributed by atoms with Gasteiger partial charge in [-0.05, 0) is 0 Å². The topological polar surface area (TPSA) is 19.9 Å². The highest BCUT2D eigenvalue weighted by molar-refractivity contribution is 14.3. The Morgan fingerprint density at radius 1 is 0.400 bits per heavy atom. The van der Waals surface area contributed by atoms with Crippen LogP contribution >= 0.6 is 294 Å². The smallest absolute Gasteiger partial charge is 0.194 e. The van der Waals surface area contributed by atoms with E-state index in [1.807, 2.05) is 0 Å². The first-order valence-corrected chi connectivity index (χ1v) is 17.9. The molecule has 0 aromatic carbocycles. The van der Waals surface area contributed by atoms with Crippen molar-refractivity contribution >= 4 is 294 Å². The lowest BCUT2D eigenvalue weighted by Crippen LogP contribution is -2.68. The predicted octanol–water partition coefficient (Wildman–Crippen LogP) is 10.2. The van der Waals surface area contributed by atoms with E-state index in [1.165, 1.54) is 0 Å². The Hall–Kier alpha value is 9.45. The van der Waals surface area contributed by atoms with Crippen LogP contribution in [-0.4, -0.2) is 6.76 Å². The molecule has 0 aliphatic carbocycles. The minimum atomic E-state index is -1.17. The molecule has 1 radical (unpaired) electrons. The molecule has 0 saturated heterocycles. The molecule has 121 valence electrons. The highest BCUT2D eigenvalue weighted by Gasteiger charge is 2.76. The van der Waals surface area contributed by atoms with Crippen molar-refractivity contribution in [3.63, 3.8) is 0 Å². The van der Waals surface area contributed by atoms with E-state index in [0.29, 0.717) is 0 Å². The SMILES string of the molecule is [O]C(C(I)(I)I)(C(I)(I)I)C(I)(I)C(I)(I)C(I)(I)I. The van der Waals surface area contributed by atoms with Crippen LogP contribution in [0, 0.1) is 0 Å². The Kier molecular flexibility index (Phi) is 15.3. The van der Waals surface area contributed by atoms with Crippen LogP contribution in [0.2, 0.25) is 0 Å². The zero-order valence-electron chi connectivity index (χ0n) is 8.32. The van der Waals surface area contributed by atoms with E-state index in [9.17, 15) is 5.11 Å². The van der Waals surface area contributed by atoms with Gasteiger partial charge in [0, 0.05) is 0 Å². The molecule has 0 aromatic rings. The second-order valence-corrected chi connectivity index (χ2v) is 47.1. The van der Waals surface area contributed by atoms with Crippen LogP contribution < -0.4 is 0 Å². The fraction of sp³-hybridized carbons (Fsp3) is 1.00. The molecule has 20 heavy (non-hydrogen) atoms. The minimum absolute atomic E-state index is 0.0796. The van der Waals surface area contributed by atoms with Crippen LogP contribution in [0.15, 0.2) is 0 Å². The molecule has 0 unspecified atom stereocenters. The first-order chi connectivity index (χ1) is 8.25. The van der Waals surface area contributed by atoms with Crippen molar-refractivity contribution in [3.05, 3.63) is 0 Å². The van der Waals surface area contributed by atoms with Crippen molar-refractivity contribution < 1.29 is 5.11 Å². The molecule has 0 atom stereocenters. The third-order valence-electron chi connectivity index (χ3n) is 1.99. The van der Waals surface area contributed by atoms with E-state index in [0.717, 1.165) is 0 Å². The van der Waals surface area contributed by atoms with E-state index in [4.69, 9.17) is 0 Å². The van der Waals surface area contributed by atoms with Gasteiger partial charge in [-0.15, -0.1) is 0 Å². The molecule has 0 N–H and O–H groups in total. The van der Waals surface area contributed by atoms with E-state index in [2.05, 4.69) is 294 Å². The van der Waals surface area contributed by atoms with Gasteiger partial charge in [-0.3, -0.25) is 0 Å². The normalized spacial score (nSPS) is 16.5. The summed E-state index contributed by atoms with van der Waals surface area (Å²) in [5.41, 5.74) is -1.17. The quantitative estimate of drug-likeness (QED) is 0.193. The van der Waals surface area contributed by atoms with Gasteiger partial charge in [0.1, 0.15) is 2.29 Å². The van der Waals surface area contributed by atoms with Crippen molar-refractivity contribution in [2.24, 2.45) is 0 Å². The fourth-order valence-electron chi connectivity index (χ4n) is 0.916. The average molecular weight is 1740 g/mol. The lowest BCUT2D eigenvalue weighted by atomic mass is 10.0. The zero-order valence-corrected chi connectivity index (χ0v) is 36.4. The molecular formula is C6I13O. The van der Waals surface area contributed by atoms with Gasteiger partial charge in [0.2, 0.25) is 0 Å². The predicted molar refractivity (Wildman–Crippen MR) is 199 cm³/mol. The Morgan fingerprint density at radius 2 is 0.650 bits per heavy atom. The van der Waals surface area contributed by atoms with Crippen molar-refractivity contribution in [2.45, 2.75) is 6.76 Å². The number of rotatable bonds is 5. The van der Waals surface area contributed by atoms with Gasteiger partial charge in [-0.2, -0.15) is 0 Å². The molecule has 0 fully saturated rings. The lowest BCUT2D eigenvalue weighted by molar-refractivity contribution is 0.00395. The molecule has 0 saturated carbocycles. The first kappa shape index (κ1) is 29.5. The molecule has 0 spiro atoms. The summed E-state index contributed by atoms with van der Waals surface area (Å²) in [5, 5.41) is 14.2. The van der Waals surface area contributed by atoms with E-state index < -0.39 is 5.90 Å². The Labute approximate surface area is 296 Å². The minimum Gasteiger partial charge on any atom is -0.221 e. The van der Waals surface area contributed by atoms with Crippen molar-refractivity contribution in [3.8, 4) is 0 Å². The van der Waals surface area contributed by atoms with Crippen LogP contribution in [0.1, 0.15) is 0 Å². The monoisotopic (exact) mass is 1740 g/mol. The van der Waals surface area contributed by atoms with Crippen LogP contribution in [0.4, 0.5) is 0 Å². The van der Waals surface area contributed by atoms with Crippen LogP contribution in [0.25, 0.3) is 0 Å². The summed E-state index contributed by atoms with van der Waals surface area (Å²) >= 11 is 30.8. The number of hydrogen-bond donors (Lipinski definition) is 0. The molecule has 0 aliphatic rings. The molecule has 0 aliphatic heterocycles. The molecule has 0 amide bonds. The summed E-state index contributed by atoms with van der Waals surface area (Å²) < 4.78 is -1.73. The number of alkyl halides is 13. The lowest BCUT2D eigenvalue weighted by Gasteiger charge is -2.54. The van der Waals surface area contributed by atoms with Gasteiger partial charge in [-0.25, -0.2) is 5.11 Å². The number of halogens is 13. The van der Waals surface area contributed by atoms with Crippen molar-refractivity contribution in [1.29, 1.82) is 0 Å². The van der Waals surface area contributed by atoms with Crippen LogP contribution in [0.3, 0.4) is 0 Å². The summed E-state index contributed by atoms with van der Waals surface area (Å²) in [4.78, 5) is 0. The molecule has 0 aromatic heterocycles. The fourth-order valence-corrected chi connectivity index (χ4v) is 24.1. The Balaban J connectivity index is 6.38. The molecule has 0 heterocycles. The maximum atomic E-state index is 14.2. The Morgan fingerprint density at radius 3 is 0.800 bits per heavy atom. The maximum Gasteiger partial charge on any atom is 0.194 e. The molecular weight excluding hydrogens is 1740 g/mol. The van der Waals surface area contributed by atoms with Gasteiger partial charge in [0.25, 0.3) is 0 Å². The molecule has 0 rings (SSSR count). The second kappa shape index (κ2) is 10.4. The summed E-state index contributed by atoms with van der Waals surface area (Å²) in [6.07, 6.45) is 0. The summed E-state index contributed by atoms with van der Waals surface area (Å²) in [6, 6.07) is 0. The first-order valence-electron chi connectivity index (χ1n) is 3.91. The third kappa shape index (κ3) is 6.48. The van der Waals surface area contributed by atoms with Crippen molar-refractivity contribution in [1.82, 2.24) is 0 Å². The second-order valence-electron chi connectivity index (χ2n) is 3.32. The maximum absolute atomic E-state index is 14.2. The zero-order chi connectivity index (χ0) is 17.0. The van der Waals surface area contributed by atoms with Gasteiger partial charge in [-0.1, -0.05) is 294 Å². The standard InChI is InChI=1S/C6I13O/c7-2(8,3(9,10)6(17,18)19)1(20,4(11,12)13)5(14,15)16. The van der Waals surface area contributed by atoms with Gasteiger partial charge in [0.05, 0.1) is 0 Å². The molecule has 1 nitrogen and oxygen atoms in total. The highest BCUT2D eigenvalue weighted by atomic mass is 127. The largest absolute Gasteiger partial charge is 0.221 e. The van der Waals surface area contributed by atoms with Crippen LogP contribution in [-0.2, 0) is 5.11 Å².